The molecule has 0 N–H and O–H groups in total. The number of hydrogen-bond acceptors (Lipinski definition) is 6. The first kappa shape index (κ1) is 27.9. The third kappa shape index (κ3) is 8.45. The summed E-state index contributed by atoms with van der Waals surface area (Å²) >= 11 is 6.81. The van der Waals surface area contributed by atoms with Gasteiger partial charge in [0.25, 0.3) is 12.4 Å². The van der Waals surface area contributed by atoms with Crippen LogP contribution in [0.3, 0.4) is 0 Å². The number of hydrogen-bond donors (Lipinski definition) is 0. The van der Waals surface area contributed by atoms with E-state index in [2.05, 4.69) is 24.7 Å². The van der Waals surface area contributed by atoms with Crippen LogP contribution in [-0.4, -0.2) is 43.0 Å². The number of nitrogens with zero attached hydrogens (tertiary/aromatic N) is 1. The van der Waals surface area contributed by atoms with Gasteiger partial charge >= 0.3 is 0 Å². The number of carbonyl (C=O) groups excluding carboxylic acids is 2. The van der Waals surface area contributed by atoms with Gasteiger partial charge in [-0.2, -0.15) is 0 Å². The molecule has 5 nitrogen and oxygen atoms in total. The molecule has 1 aromatic heterocycles. The van der Waals surface area contributed by atoms with Crippen molar-refractivity contribution in [1.82, 2.24) is 4.90 Å². The highest BCUT2D eigenvalue weighted by molar-refractivity contribution is 7.78. The summed E-state index contributed by atoms with van der Waals surface area (Å²) in [5.74, 6) is -0.0865. The van der Waals surface area contributed by atoms with Crippen LogP contribution >= 0.6 is 23.6 Å². The van der Waals surface area contributed by atoms with Crippen molar-refractivity contribution < 1.29 is 19.1 Å². The molecule has 0 aliphatic carbocycles. The molecular formula is C25H35NO4S2. The maximum atomic E-state index is 13.0. The van der Waals surface area contributed by atoms with E-state index in [1.54, 1.807) is 30.3 Å². The largest absolute Gasteiger partial charge is 0.468 e. The second kappa shape index (κ2) is 15.7. The number of benzene rings is 1. The quantitative estimate of drug-likeness (QED) is 0.201. The number of amides is 1. The van der Waals surface area contributed by atoms with E-state index in [4.69, 9.17) is 17.0 Å². The zero-order valence-electron chi connectivity index (χ0n) is 19.5. The molecule has 2 aromatic rings. The molecule has 32 heavy (non-hydrogen) atoms. The summed E-state index contributed by atoms with van der Waals surface area (Å²) in [6.45, 7) is 7.34. The molecule has 1 atom stereocenters. The second-order valence-corrected chi connectivity index (χ2v) is 8.43. The minimum atomic E-state index is -0.542. The molecule has 1 heterocycles. The maximum Gasteiger partial charge on any atom is 0.293 e. The molecular weight excluding hydrogens is 442 g/mol. The van der Waals surface area contributed by atoms with E-state index in [9.17, 15) is 9.59 Å². The Balaban J connectivity index is 0.000000920. The van der Waals surface area contributed by atoms with E-state index in [1.165, 1.54) is 30.3 Å². The lowest BCUT2D eigenvalue weighted by Gasteiger charge is -2.34. The van der Waals surface area contributed by atoms with Crippen LogP contribution in [0, 0.1) is 0 Å². The predicted octanol–water partition coefficient (Wildman–Crippen LogP) is 6.01. The number of thiophene rings is 1. The first-order valence-electron chi connectivity index (χ1n) is 11.0. The van der Waals surface area contributed by atoms with Gasteiger partial charge in [0.2, 0.25) is 0 Å². The van der Waals surface area contributed by atoms with Gasteiger partial charge < -0.3 is 14.4 Å². The Kier molecular flexibility index (Phi) is 13.7. The highest BCUT2D eigenvalue weighted by atomic mass is 32.1. The Morgan fingerprint density at radius 3 is 2.31 bits per heavy atom. The van der Waals surface area contributed by atoms with E-state index in [0.29, 0.717) is 25.2 Å². The fraction of sp³-hybridized carbons (Fsp3) is 0.480. The van der Waals surface area contributed by atoms with Gasteiger partial charge in [-0.25, -0.2) is 0 Å². The molecule has 0 aliphatic heterocycles. The Bertz CT molecular complexity index is 787. The summed E-state index contributed by atoms with van der Waals surface area (Å²) in [7, 11) is 1.69. The lowest BCUT2D eigenvalue weighted by Crippen LogP contribution is -2.43. The van der Waals surface area contributed by atoms with Crippen LogP contribution in [0.15, 0.2) is 41.8 Å². The summed E-state index contributed by atoms with van der Waals surface area (Å²) in [4.78, 5) is 24.9. The predicted molar refractivity (Wildman–Crippen MR) is 135 cm³/mol. The Labute approximate surface area is 201 Å². The molecule has 0 bridgehead atoms. The van der Waals surface area contributed by atoms with Crippen molar-refractivity contribution in [2.45, 2.75) is 58.5 Å². The average molecular weight is 478 g/mol. The summed E-state index contributed by atoms with van der Waals surface area (Å²) in [6.07, 6.45) is 5.44. The first-order chi connectivity index (χ1) is 15.5. The molecule has 0 spiro atoms. The van der Waals surface area contributed by atoms with Crippen LogP contribution in [-0.2, 0) is 26.3 Å². The summed E-state index contributed by atoms with van der Waals surface area (Å²) in [6, 6.07) is 12.0. The van der Waals surface area contributed by atoms with Gasteiger partial charge in [0.1, 0.15) is 5.60 Å². The maximum absolute atomic E-state index is 13.0. The van der Waals surface area contributed by atoms with Crippen LogP contribution in [0.2, 0.25) is 0 Å². The third-order valence-corrected chi connectivity index (χ3v) is 6.56. The van der Waals surface area contributed by atoms with Crippen molar-refractivity contribution in [2.24, 2.45) is 0 Å². The number of unbranched alkanes of at least 4 members (excludes halogenated alkanes) is 2. The smallest absolute Gasteiger partial charge is 0.293 e. The van der Waals surface area contributed by atoms with E-state index >= 15 is 0 Å². The molecule has 0 radical (unpaired) electrons. The Hall–Kier alpha value is -2.09. The number of carbonyl (C=O) groups is 2. The van der Waals surface area contributed by atoms with Crippen molar-refractivity contribution >= 4 is 41.4 Å². The van der Waals surface area contributed by atoms with Gasteiger partial charge in [-0.15, -0.1) is 11.3 Å². The molecule has 0 saturated carbocycles. The number of thiocarbonyl (C=S) groups is 1. The lowest BCUT2D eigenvalue weighted by molar-refractivity contribution is -0.128. The number of rotatable bonds is 13. The average Bonchev–Trinajstić information content (AvgIpc) is 3.37. The SMILES string of the molecule is CCCCCc1ccc(C(=O)N(C=S)CC(CC)(OC)c2cccs2)cc1.CCOC=O. The van der Waals surface area contributed by atoms with Crippen molar-refractivity contribution in [2.75, 3.05) is 20.3 Å². The van der Waals surface area contributed by atoms with Crippen LogP contribution < -0.4 is 0 Å². The Morgan fingerprint density at radius 2 is 1.88 bits per heavy atom. The minimum absolute atomic E-state index is 0.0865. The van der Waals surface area contributed by atoms with Gasteiger partial charge in [0.05, 0.1) is 18.6 Å². The third-order valence-electron chi connectivity index (χ3n) is 5.25. The minimum Gasteiger partial charge on any atom is -0.468 e. The van der Waals surface area contributed by atoms with Crippen LogP contribution in [0.4, 0.5) is 0 Å². The van der Waals surface area contributed by atoms with Crippen molar-refractivity contribution in [3.8, 4) is 0 Å². The fourth-order valence-electron chi connectivity index (χ4n) is 3.27. The van der Waals surface area contributed by atoms with Crippen LogP contribution in [0.5, 0.6) is 0 Å². The van der Waals surface area contributed by atoms with Crippen LogP contribution in [0.25, 0.3) is 0 Å². The van der Waals surface area contributed by atoms with Gasteiger partial charge in [0, 0.05) is 17.6 Å². The van der Waals surface area contributed by atoms with E-state index in [0.717, 1.165) is 17.7 Å². The normalized spacial score (nSPS) is 12.1. The van der Waals surface area contributed by atoms with E-state index in [-0.39, 0.29) is 5.91 Å². The molecule has 7 heteroatoms. The molecule has 1 amide bonds. The van der Waals surface area contributed by atoms with Crippen LogP contribution in [0.1, 0.15) is 67.3 Å². The number of methoxy groups -OCH3 is 1. The monoisotopic (exact) mass is 477 g/mol. The fourth-order valence-corrected chi connectivity index (χ4v) is 4.41. The molecule has 2 rings (SSSR count). The van der Waals surface area contributed by atoms with Crippen molar-refractivity contribution in [3.63, 3.8) is 0 Å². The molecule has 0 aliphatic rings. The topological polar surface area (TPSA) is 55.8 Å². The second-order valence-electron chi connectivity index (χ2n) is 7.27. The highest BCUT2D eigenvalue weighted by Crippen LogP contribution is 2.33. The standard InChI is InChI=1S/C22H29NO2S2.C3H6O2/c1-4-6-7-9-18-11-13-19(14-12-18)21(24)23(17-26)16-22(5-2,25-3)20-10-8-15-27-20;1-2-5-3-4/h8,10-15,17H,4-7,9,16H2,1-3H3;3H,2H2,1H3. The lowest BCUT2D eigenvalue weighted by atomic mass is 9.97. The van der Waals surface area contributed by atoms with Gasteiger partial charge in [-0.05, 0) is 55.3 Å². The molecule has 176 valence electrons. The number of ether oxygens (including phenoxy) is 2. The zero-order chi connectivity index (χ0) is 23.8. The molecule has 0 fully saturated rings. The number of aryl methyl sites for hydroxylation is 1. The van der Waals surface area contributed by atoms with Crippen molar-refractivity contribution in [3.05, 3.63) is 57.8 Å². The van der Waals surface area contributed by atoms with Crippen molar-refractivity contribution in [1.29, 1.82) is 0 Å². The Morgan fingerprint density at radius 1 is 1.16 bits per heavy atom. The van der Waals surface area contributed by atoms with Gasteiger partial charge in [0.15, 0.2) is 0 Å². The zero-order valence-corrected chi connectivity index (χ0v) is 21.2. The molecule has 1 aromatic carbocycles. The summed E-state index contributed by atoms with van der Waals surface area (Å²) in [5, 5.41) is 2.03. The first-order valence-corrected chi connectivity index (χ1v) is 12.4. The van der Waals surface area contributed by atoms with Gasteiger partial charge in [-0.1, -0.05) is 57.1 Å². The highest BCUT2D eigenvalue weighted by Gasteiger charge is 2.35. The molecule has 0 saturated heterocycles. The molecule has 1 unspecified atom stereocenters. The van der Waals surface area contributed by atoms with E-state index in [1.807, 2.05) is 35.7 Å². The van der Waals surface area contributed by atoms with E-state index < -0.39 is 5.60 Å². The summed E-state index contributed by atoms with van der Waals surface area (Å²) < 4.78 is 10.0. The van der Waals surface area contributed by atoms with Gasteiger partial charge in [-0.3, -0.25) is 9.59 Å². The summed E-state index contributed by atoms with van der Waals surface area (Å²) in [5.41, 5.74) is 2.82.